The molecular formula is C16H21N5O2. The number of nitrogens with one attached hydrogen (secondary N) is 1. The largest absolute Gasteiger partial charge is 0.360 e. The number of hydrogen-bond acceptors (Lipinski definition) is 6. The molecule has 3 rings (SSSR count). The SMILES string of the molecule is Cc1cc(C(=O)Nc2cc(C)on2)nc(N2CCC(C)CC2)n1. The quantitative estimate of drug-likeness (QED) is 0.937. The van der Waals surface area contributed by atoms with E-state index in [0.29, 0.717) is 23.2 Å². The summed E-state index contributed by atoms with van der Waals surface area (Å²) in [6.45, 7) is 7.75. The molecular weight excluding hydrogens is 294 g/mol. The molecule has 1 aliphatic heterocycles. The number of rotatable bonds is 3. The third kappa shape index (κ3) is 3.67. The number of aryl methyl sites for hydroxylation is 2. The molecule has 0 aromatic carbocycles. The Morgan fingerprint density at radius 1 is 1.26 bits per heavy atom. The Bertz CT molecular complexity index is 704. The Morgan fingerprint density at radius 2 is 2.00 bits per heavy atom. The zero-order chi connectivity index (χ0) is 16.4. The van der Waals surface area contributed by atoms with Crippen molar-refractivity contribution in [3.05, 3.63) is 29.3 Å². The summed E-state index contributed by atoms with van der Waals surface area (Å²) in [6.07, 6.45) is 2.24. The molecule has 7 nitrogen and oxygen atoms in total. The Labute approximate surface area is 135 Å². The third-order valence-corrected chi connectivity index (χ3v) is 4.01. The highest BCUT2D eigenvalue weighted by Crippen LogP contribution is 2.21. The summed E-state index contributed by atoms with van der Waals surface area (Å²) < 4.78 is 4.95. The standard InChI is InChI=1S/C16H21N5O2/c1-10-4-6-21(7-5-10)16-17-11(2)8-13(18-16)15(22)19-14-9-12(3)23-20-14/h8-10H,4-7H2,1-3H3,(H,19,20,22). The lowest BCUT2D eigenvalue weighted by molar-refractivity contribution is 0.102. The number of amides is 1. The van der Waals surface area contributed by atoms with Crippen molar-refractivity contribution in [3.8, 4) is 0 Å². The van der Waals surface area contributed by atoms with Crippen molar-refractivity contribution < 1.29 is 9.32 Å². The van der Waals surface area contributed by atoms with E-state index in [1.807, 2.05) is 6.92 Å². The van der Waals surface area contributed by atoms with Crippen LogP contribution in [0.3, 0.4) is 0 Å². The monoisotopic (exact) mass is 315 g/mol. The molecule has 1 aliphatic rings. The normalized spacial score (nSPS) is 15.7. The molecule has 0 atom stereocenters. The van der Waals surface area contributed by atoms with Crippen molar-refractivity contribution in [1.29, 1.82) is 0 Å². The molecule has 0 saturated carbocycles. The average Bonchev–Trinajstić information content (AvgIpc) is 2.92. The lowest BCUT2D eigenvalue weighted by Gasteiger charge is -2.30. The maximum atomic E-state index is 12.4. The molecule has 122 valence electrons. The topological polar surface area (TPSA) is 84.2 Å². The van der Waals surface area contributed by atoms with E-state index in [9.17, 15) is 4.79 Å². The Morgan fingerprint density at radius 3 is 2.65 bits per heavy atom. The van der Waals surface area contributed by atoms with Crippen molar-refractivity contribution in [3.63, 3.8) is 0 Å². The minimum Gasteiger partial charge on any atom is -0.360 e. The molecule has 7 heteroatoms. The number of aromatic nitrogens is 3. The van der Waals surface area contributed by atoms with Crippen LogP contribution in [-0.4, -0.2) is 34.1 Å². The number of nitrogens with zero attached hydrogens (tertiary/aromatic N) is 4. The smallest absolute Gasteiger partial charge is 0.275 e. The molecule has 2 aromatic heterocycles. The fourth-order valence-electron chi connectivity index (χ4n) is 2.62. The molecule has 1 fully saturated rings. The molecule has 3 heterocycles. The number of anilines is 2. The van der Waals surface area contributed by atoms with E-state index < -0.39 is 0 Å². The van der Waals surface area contributed by atoms with Gasteiger partial charge in [0.05, 0.1) is 0 Å². The molecule has 1 N–H and O–H groups in total. The Kier molecular flexibility index (Phi) is 4.27. The van der Waals surface area contributed by atoms with Gasteiger partial charge in [0, 0.05) is 24.8 Å². The first kappa shape index (κ1) is 15.5. The second-order valence-corrected chi connectivity index (χ2v) is 6.14. The van der Waals surface area contributed by atoms with Crippen LogP contribution in [0.4, 0.5) is 11.8 Å². The lowest BCUT2D eigenvalue weighted by Crippen LogP contribution is -2.34. The molecule has 1 amide bonds. The first-order valence-corrected chi connectivity index (χ1v) is 7.86. The Balaban J connectivity index is 1.78. The second-order valence-electron chi connectivity index (χ2n) is 6.14. The average molecular weight is 315 g/mol. The first-order chi connectivity index (χ1) is 11.0. The van der Waals surface area contributed by atoms with Crippen molar-refractivity contribution in [2.45, 2.75) is 33.6 Å². The van der Waals surface area contributed by atoms with E-state index in [0.717, 1.165) is 37.5 Å². The van der Waals surface area contributed by atoms with E-state index in [4.69, 9.17) is 4.52 Å². The van der Waals surface area contributed by atoms with E-state index in [1.165, 1.54) is 0 Å². The summed E-state index contributed by atoms with van der Waals surface area (Å²) >= 11 is 0. The Hall–Kier alpha value is -2.44. The van der Waals surface area contributed by atoms with Crippen molar-refractivity contribution >= 4 is 17.7 Å². The van der Waals surface area contributed by atoms with Gasteiger partial charge in [-0.2, -0.15) is 0 Å². The van der Waals surface area contributed by atoms with Gasteiger partial charge in [-0.05, 0) is 38.7 Å². The van der Waals surface area contributed by atoms with Gasteiger partial charge in [0.25, 0.3) is 5.91 Å². The van der Waals surface area contributed by atoms with Crippen molar-refractivity contribution in [2.24, 2.45) is 5.92 Å². The van der Waals surface area contributed by atoms with Gasteiger partial charge in [-0.15, -0.1) is 0 Å². The molecule has 0 bridgehead atoms. The predicted octanol–water partition coefficient (Wildman–Crippen LogP) is 2.57. The summed E-state index contributed by atoms with van der Waals surface area (Å²) in [6, 6.07) is 3.34. The minimum atomic E-state index is -0.310. The zero-order valence-electron chi connectivity index (χ0n) is 13.7. The van der Waals surface area contributed by atoms with Gasteiger partial charge in [0.1, 0.15) is 11.5 Å². The highest BCUT2D eigenvalue weighted by molar-refractivity contribution is 6.02. The number of hydrogen-bond donors (Lipinski definition) is 1. The fraction of sp³-hybridized carbons (Fsp3) is 0.500. The van der Waals surface area contributed by atoms with E-state index in [1.54, 1.807) is 19.1 Å². The van der Waals surface area contributed by atoms with Crippen LogP contribution >= 0.6 is 0 Å². The van der Waals surface area contributed by atoms with Gasteiger partial charge in [0.2, 0.25) is 5.95 Å². The molecule has 0 unspecified atom stereocenters. The molecule has 23 heavy (non-hydrogen) atoms. The van der Waals surface area contributed by atoms with Crippen LogP contribution in [0, 0.1) is 19.8 Å². The lowest BCUT2D eigenvalue weighted by atomic mass is 10.00. The van der Waals surface area contributed by atoms with Gasteiger partial charge in [0.15, 0.2) is 5.82 Å². The molecule has 0 spiro atoms. The number of carbonyl (C=O) groups is 1. The van der Waals surface area contributed by atoms with Crippen LogP contribution in [0.15, 0.2) is 16.7 Å². The zero-order valence-corrected chi connectivity index (χ0v) is 13.7. The second kappa shape index (κ2) is 6.36. The molecule has 1 saturated heterocycles. The van der Waals surface area contributed by atoms with Crippen molar-refractivity contribution in [2.75, 3.05) is 23.3 Å². The highest BCUT2D eigenvalue weighted by atomic mass is 16.5. The van der Waals surface area contributed by atoms with E-state index in [-0.39, 0.29) is 5.91 Å². The maximum Gasteiger partial charge on any atom is 0.275 e. The fourth-order valence-corrected chi connectivity index (χ4v) is 2.62. The molecule has 0 aliphatic carbocycles. The summed E-state index contributed by atoms with van der Waals surface area (Å²) in [4.78, 5) is 23.4. The van der Waals surface area contributed by atoms with Crippen molar-refractivity contribution in [1.82, 2.24) is 15.1 Å². The first-order valence-electron chi connectivity index (χ1n) is 7.86. The van der Waals surface area contributed by atoms with Gasteiger partial charge in [-0.25, -0.2) is 9.97 Å². The van der Waals surface area contributed by atoms with E-state index in [2.05, 4.69) is 32.3 Å². The van der Waals surface area contributed by atoms with E-state index >= 15 is 0 Å². The van der Waals surface area contributed by atoms with Crippen LogP contribution in [0.2, 0.25) is 0 Å². The van der Waals surface area contributed by atoms with Crippen LogP contribution < -0.4 is 10.2 Å². The van der Waals surface area contributed by atoms with Crippen LogP contribution in [0.1, 0.15) is 41.7 Å². The van der Waals surface area contributed by atoms with Crippen LogP contribution in [-0.2, 0) is 0 Å². The summed E-state index contributed by atoms with van der Waals surface area (Å²) in [5.41, 5.74) is 1.11. The maximum absolute atomic E-state index is 12.4. The van der Waals surface area contributed by atoms with Gasteiger partial charge in [-0.1, -0.05) is 12.1 Å². The summed E-state index contributed by atoms with van der Waals surface area (Å²) in [5, 5.41) is 6.45. The van der Waals surface area contributed by atoms with Gasteiger partial charge < -0.3 is 14.7 Å². The summed E-state index contributed by atoms with van der Waals surface area (Å²) in [5.74, 6) is 2.07. The van der Waals surface area contributed by atoms with Gasteiger partial charge in [-0.3, -0.25) is 4.79 Å². The molecule has 2 aromatic rings. The van der Waals surface area contributed by atoms with Gasteiger partial charge >= 0.3 is 0 Å². The highest BCUT2D eigenvalue weighted by Gasteiger charge is 2.20. The predicted molar refractivity (Wildman–Crippen MR) is 86.6 cm³/mol. The number of piperidine rings is 1. The van der Waals surface area contributed by atoms with Crippen LogP contribution in [0.5, 0.6) is 0 Å². The minimum absolute atomic E-state index is 0.310. The molecule has 0 radical (unpaired) electrons. The third-order valence-electron chi connectivity index (χ3n) is 4.01. The summed E-state index contributed by atoms with van der Waals surface area (Å²) in [7, 11) is 0. The van der Waals surface area contributed by atoms with Crippen LogP contribution in [0.25, 0.3) is 0 Å². The number of carbonyl (C=O) groups excluding carboxylic acids is 1.